The SMILES string of the molecule is Fc1ccc(-c2cnc([C@@H]3COCCN3)[nH]2)c(F)c1. The topological polar surface area (TPSA) is 49.9 Å². The van der Waals surface area contributed by atoms with Crippen LogP contribution in [0.25, 0.3) is 11.3 Å². The predicted molar refractivity (Wildman–Crippen MR) is 65.5 cm³/mol. The molecular weight excluding hydrogens is 252 g/mol. The molecule has 1 fully saturated rings. The lowest BCUT2D eigenvalue weighted by molar-refractivity contribution is 0.0745. The molecule has 1 aliphatic heterocycles. The zero-order valence-corrected chi connectivity index (χ0v) is 10.1. The highest BCUT2D eigenvalue weighted by molar-refractivity contribution is 5.59. The van der Waals surface area contributed by atoms with Gasteiger partial charge >= 0.3 is 0 Å². The van der Waals surface area contributed by atoms with Crippen molar-refractivity contribution in [1.29, 1.82) is 0 Å². The standard InChI is InChI=1S/C13H13F2N3O/c14-8-1-2-9(10(15)5-8)11-6-17-13(18-11)12-7-19-4-3-16-12/h1-2,5-6,12,16H,3-4,7H2,(H,17,18)/t12-/m0/s1. The van der Waals surface area contributed by atoms with Crippen molar-refractivity contribution in [3.63, 3.8) is 0 Å². The van der Waals surface area contributed by atoms with Gasteiger partial charge in [0, 0.05) is 18.2 Å². The number of benzene rings is 1. The van der Waals surface area contributed by atoms with Gasteiger partial charge in [-0.15, -0.1) is 0 Å². The van der Waals surface area contributed by atoms with E-state index in [2.05, 4.69) is 15.3 Å². The maximum Gasteiger partial charge on any atom is 0.135 e. The van der Waals surface area contributed by atoms with Gasteiger partial charge in [-0.1, -0.05) is 0 Å². The molecule has 6 heteroatoms. The Hall–Kier alpha value is -1.79. The number of hydrogen-bond acceptors (Lipinski definition) is 3. The van der Waals surface area contributed by atoms with Crippen LogP contribution in [-0.2, 0) is 4.74 Å². The monoisotopic (exact) mass is 265 g/mol. The highest BCUT2D eigenvalue weighted by Gasteiger charge is 2.19. The van der Waals surface area contributed by atoms with Crippen molar-refractivity contribution in [1.82, 2.24) is 15.3 Å². The molecule has 0 unspecified atom stereocenters. The smallest absolute Gasteiger partial charge is 0.135 e. The molecule has 1 saturated heterocycles. The van der Waals surface area contributed by atoms with E-state index in [0.717, 1.165) is 12.6 Å². The van der Waals surface area contributed by atoms with E-state index in [4.69, 9.17) is 4.74 Å². The van der Waals surface area contributed by atoms with Crippen LogP contribution in [0.5, 0.6) is 0 Å². The summed E-state index contributed by atoms with van der Waals surface area (Å²) in [5.41, 5.74) is 0.830. The first-order valence-corrected chi connectivity index (χ1v) is 6.05. The molecule has 0 aliphatic carbocycles. The number of hydrogen-bond donors (Lipinski definition) is 2. The van der Waals surface area contributed by atoms with Crippen molar-refractivity contribution >= 4 is 0 Å². The molecule has 1 aliphatic rings. The summed E-state index contributed by atoms with van der Waals surface area (Å²) in [4.78, 5) is 7.26. The Morgan fingerprint density at radius 1 is 1.32 bits per heavy atom. The molecule has 2 N–H and O–H groups in total. The second kappa shape index (κ2) is 5.07. The van der Waals surface area contributed by atoms with Gasteiger partial charge in [0.25, 0.3) is 0 Å². The van der Waals surface area contributed by atoms with Crippen LogP contribution in [-0.4, -0.2) is 29.7 Å². The summed E-state index contributed by atoms with van der Waals surface area (Å²) in [7, 11) is 0. The number of rotatable bonds is 2. The van der Waals surface area contributed by atoms with Gasteiger partial charge in [-0.05, 0) is 12.1 Å². The fraction of sp³-hybridized carbons (Fsp3) is 0.308. The van der Waals surface area contributed by atoms with Gasteiger partial charge in [-0.3, -0.25) is 0 Å². The predicted octanol–water partition coefficient (Wildman–Crippen LogP) is 2.02. The summed E-state index contributed by atoms with van der Waals surface area (Å²) >= 11 is 0. The van der Waals surface area contributed by atoms with Gasteiger partial charge in [0.2, 0.25) is 0 Å². The Morgan fingerprint density at radius 3 is 2.95 bits per heavy atom. The zero-order chi connectivity index (χ0) is 13.2. The van der Waals surface area contributed by atoms with E-state index >= 15 is 0 Å². The molecule has 0 spiro atoms. The molecule has 4 nitrogen and oxygen atoms in total. The first kappa shape index (κ1) is 12.3. The fourth-order valence-corrected chi connectivity index (χ4v) is 2.10. The maximum atomic E-state index is 13.7. The van der Waals surface area contributed by atoms with Crippen molar-refractivity contribution in [2.24, 2.45) is 0 Å². The van der Waals surface area contributed by atoms with E-state index in [1.165, 1.54) is 12.1 Å². The van der Waals surface area contributed by atoms with Crippen LogP contribution < -0.4 is 5.32 Å². The van der Waals surface area contributed by atoms with E-state index < -0.39 is 11.6 Å². The Morgan fingerprint density at radius 2 is 2.21 bits per heavy atom. The number of nitrogens with zero attached hydrogens (tertiary/aromatic N) is 1. The number of nitrogens with one attached hydrogen (secondary N) is 2. The maximum absolute atomic E-state index is 13.7. The second-order valence-corrected chi connectivity index (χ2v) is 4.39. The number of ether oxygens (including phenoxy) is 1. The van der Waals surface area contributed by atoms with Gasteiger partial charge < -0.3 is 15.0 Å². The molecule has 100 valence electrons. The Bertz CT molecular complexity index is 579. The first-order chi connectivity index (χ1) is 9.24. The summed E-state index contributed by atoms with van der Waals surface area (Å²) in [5, 5.41) is 3.25. The molecule has 1 atom stereocenters. The van der Waals surface area contributed by atoms with Crippen molar-refractivity contribution in [3.8, 4) is 11.3 Å². The average molecular weight is 265 g/mol. The molecule has 0 bridgehead atoms. The molecule has 0 amide bonds. The molecule has 1 aromatic carbocycles. The third kappa shape index (κ3) is 2.50. The lowest BCUT2D eigenvalue weighted by Gasteiger charge is -2.21. The number of aromatic nitrogens is 2. The first-order valence-electron chi connectivity index (χ1n) is 6.05. The average Bonchev–Trinajstić information content (AvgIpc) is 2.89. The number of H-pyrrole nitrogens is 1. The van der Waals surface area contributed by atoms with Crippen LogP contribution in [0.1, 0.15) is 11.9 Å². The van der Waals surface area contributed by atoms with Crippen molar-refractivity contribution in [2.45, 2.75) is 6.04 Å². The van der Waals surface area contributed by atoms with E-state index in [1.54, 1.807) is 6.20 Å². The molecule has 1 aromatic heterocycles. The van der Waals surface area contributed by atoms with Crippen LogP contribution in [0, 0.1) is 11.6 Å². The number of morpholine rings is 1. The van der Waals surface area contributed by atoms with Gasteiger partial charge in [0.05, 0.1) is 31.1 Å². The van der Waals surface area contributed by atoms with Crippen LogP contribution >= 0.6 is 0 Å². The van der Waals surface area contributed by atoms with Crippen LogP contribution in [0.4, 0.5) is 8.78 Å². The lowest BCUT2D eigenvalue weighted by Crippen LogP contribution is -2.35. The Balaban J connectivity index is 1.87. The third-order valence-corrected chi connectivity index (χ3v) is 3.07. The summed E-state index contributed by atoms with van der Waals surface area (Å²) in [6.45, 7) is 1.96. The molecule has 0 radical (unpaired) electrons. The fourth-order valence-electron chi connectivity index (χ4n) is 2.10. The Kier molecular flexibility index (Phi) is 3.27. The summed E-state index contributed by atoms with van der Waals surface area (Å²) in [6, 6.07) is 3.46. The van der Waals surface area contributed by atoms with E-state index in [0.29, 0.717) is 30.3 Å². The highest BCUT2D eigenvalue weighted by Crippen LogP contribution is 2.23. The van der Waals surface area contributed by atoms with Crippen LogP contribution in [0.3, 0.4) is 0 Å². The van der Waals surface area contributed by atoms with Gasteiger partial charge in [0.15, 0.2) is 0 Å². The second-order valence-electron chi connectivity index (χ2n) is 4.39. The summed E-state index contributed by atoms with van der Waals surface area (Å²) in [6.07, 6.45) is 1.54. The molecule has 19 heavy (non-hydrogen) atoms. The minimum absolute atomic E-state index is 0.0222. The van der Waals surface area contributed by atoms with E-state index in [-0.39, 0.29) is 6.04 Å². The summed E-state index contributed by atoms with van der Waals surface area (Å²) in [5.74, 6) is -0.509. The number of aromatic amines is 1. The van der Waals surface area contributed by atoms with Crippen molar-refractivity contribution in [2.75, 3.05) is 19.8 Å². The minimum atomic E-state index is -0.608. The van der Waals surface area contributed by atoms with Gasteiger partial charge in [-0.25, -0.2) is 13.8 Å². The summed E-state index contributed by atoms with van der Waals surface area (Å²) < 4.78 is 31.9. The molecule has 0 saturated carbocycles. The van der Waals surface area contributed by atoms with E-state index in [9.17, 15) is 8.78 Å². The Labute approximate surface area is 108 Å². The molecule has 2 heterocycles. The van der Waals surface area contributed by atoms with Crippen molar-refractivity contribution in [3.05, 3.63) is 41.9 Å². The van der Waals surface area contributed by atoms with Gasteiger partial charge in [-0.2, -0.15) is 0 Å². The zero-order valence-electron chi connectivity index (χ0n) is 10.1. The number of halogens is 2. The minimum Gasteiger partial charge on any atom is -0.378 e. The molecular formula is C13H13F2N3O. The lowest BCUT2D eigenvalue weighted by atomic mass is 10.1. The quantitative estimate of drug-likeness (QED) is 0.873. The normalized spacial score (nSPS) is 19.6. The van der Waals surface area contributed by atoms with E-state index in [1.807, 2.05) is 0 Å². The molecule has 3 rings (SSSR count). The van der Waals surface area contributed by atoms with Crippen LogP contribution in [0.15, 0.2) is 24.4 Å². The molecule has 2 aromatic rings. The number of imidazole rings is 1. The largest absolute Gasteiger partial charge is 0.378 e. The van der Waals surface area contributed by atoms with Crippen LogP contribution in [0.2, 0.25) is 0 Å². The van der Waals surface area contributed by atoms with Gasteiger partial charge in [0.1, 0.15) is 17.5 Å². The van der Waals surface area contributed by atoms with Crippen molar-refractivity contribution < 1.29 is 13.5 Å². The third-order valence-electron chi connectivity index (χ3n) is 3.07. The highest BCUT2D eigenvalue weighted by atomic mass is 19.1.